The molecule has 9 heteroatoms. The van der Waals surface area contributed by atoms with E-state index in [1.54, 1.807) is 42.6 Å². The molecule has 31 heavy (non-hydrogen) atoms. The number of methoxy groups -OCH3 is 1. The van der Waals surface area contributed by atoms with Gasteiger partial charge in [-0.25, -0.2) is 0 Å². The zero-order valence-corrected chi connectivity index (χ0v) is 17.5. The minimum atomic E-state index is -0.609. The first-order chi connectivity index (χ1) is 14.9. The number of aliphatic hydroxyl groups is 1. The predicted molar refractivity (Wildman–Crippen MR) is 119 cm³/mol. The second-order valence-electron chi connectivity index (χ2n) is 7.12. The number of rotatable bonds is 7. The molecule has 0 spiro atoms. The van der Waals surface area contributed by atoms with E-state index in [1.165, 1.54) is 7.11 Å². The minimum absolute atomic E-state index is 0.236. The predicted octanol–water partition coefficient (Wildman–Crippen LogP) is 3.35. The van der Waals surface area contributed by atoms with Crippen LogP contribution in [0.3, 0.4) is 0 Å². The van der Waals surface area contributed by atoms with Crippen molar-refractivity contribution in [3.63, 3.8) is 0 Å². The summed E-state index contributed by atoms with van der Waals surface area (Å²) in [6.45, 7) is 5.05. The Morgan fingerprint density at radius 2 is 2.06 bits per heavy atom. The van der Waals surface area contributed by atoms with Gasteiger partial charge in [-0.1, -0.05) is 18.2 Å². The van der Waals surface area contributed by atoms with Crippen LogP contribution in [0.2, 0.25) is 5.02 Å². The molecule has 0 atom stereocenters. The molecule has 2 heterocycles. The molecule has 4 rings (SSSR count). The lowest BCUT2D eigenvalue weighted by molar-refractivity contribution is 0.0259. The van der Waals surface area contributed by atoms with Gasteiger partial charge in [0.2, 0.25) is 0 Å². The highest BCUT2D eigenvalue weighted by atomic mass is 35.5. The molecule has 0 radical (unpaired) electrons. The number of aromatic nitrogens is 1. The largest absolute Gasteiger partial charge is 0.496 e. The molecule has 1 aliphatic rings. The first-order valence-electron chi connectivity index (χ1n) is 9.48. The summed E-state index contributed by atoms with van der Waals surface area (Å²) in [6.07, 6.45) is 1.28. The molecule has 3 aromatic rings. The summed E-state index contributed by atoms with van der Waals surface area (Å²) in [5.41, 5.74) is 6.97. The molecule has 8 nitrogen and oxygen atoms in total. The summed E-state index contributed by atoms with van der Waals surface area (Å²) >= 11 is 6.42. The number of amides is 1. The van der Waals surface area contributed by atoms with Crippen LogP contribution >= 0.6 is 11.6 Å². The number of ether oxygens (including phenoxy) is 2. The van der Waals surface area contributed by atoms with Gasteiger partial charge in [-0.2, -0.15) is 0 Å². The van der Waals surface area contributed by atoms with Crippen LogP contribution in [0.4, 0.5) is 5.69 Å². The Morgan fingerprint density at radius 3 is 2.71 bits per heavy atom. The van der Waals surface area contributed by atoms with E-state index < -0.39 is 5.91 Å². The number of pyridine rings is 1. The van der Waals surface area contributed by atoms with Crippen molar-refractivity contribution in [2.24, 2.45) is 5.73 Å². The Balaban J connectivity index is 1.59. The Bertz CT molecular complexity index is 1180. The zero-order chi connectivity index (χ0) is 22.1. The maximum Gasteiger partial charge on any atom is 0.252 e. The third kappa shape index (κ3) is 4.21. The molecule has 2 aromatic carbocycles. The normalized spacial score (nSPS) is 13.6. The van der Waals surface area contributed by atoms with E-state index in [0.717, 1.165) is 0 Å². The Labute approximate surface area is 183 Å². The standard InChI is InChI=1S/C22H21ClN4O4/c1-12(27-10-13(28)11-27)26-18-4-3-14(7-17(18)23)31-20-5-6-25-19-9-21(30-2)16(22(24)29)8-15(19)20/h3-9,13,26,28H,1,10-11H2,2H3,(H2,24,29). The number of halogens is 1. The van der Waals surface area contributed by atoms with E-state index in [2.05, 4.69) is 16.9 Å². The summed E-state index contributed by atoms with van der Waals surface area (Å²) in [6, 6.07) is 10.1. The molecule has 1 amide bonds. The van der Waals surface area contributed by atoms with Crippen molar-refractivity contribution in [1.29, 1.82) is 0 Å². The maximum absolute atomic E-state index is 11.8. The number of fused-ring (bicyclic) bond motifs is 1. The molecule has 1 saturated heterocycles. The zero-order valence-electron chi connectivity index (χ0n) is 16.8. The fourth-order valence-corrected chi connectivity index (χ4v) is 3.51. The van der Waals surface area contributed by atoms with Crippen LogP contribution in [0, 0.1) is 0 Å². The van der Waals surface area contributed by atoms with Gasteiger partial charge in [-0.15, -0.1) is 0 Å². The Hall–Kier alpha value is -3.49. The second-order valence-corrected chi connectivity index (χ2v) is 7.52. The highest BCUT2D eigenvalue weighted by Gasteiger charge is 2.25. The SMILES string of the molecule is C=C(Nc1ccc(Oc2ccnc3cc(OC)c(C(N)=O)cc23)cc1Cl)N1CC(O)C1. The van der Waals surface area contributed by atoms with Crippen molar-refractivity contribution in [3.8, 4) is 17.2 Å². The van der Waals surface area contributed by atoms with Gasteiger partial charge < -0.3 is 30.5 Å². The number of hydrogen-bond acceptors (Lipinski definition) is 7. The number of anilines is 1. The van der Waals surface area contributed by atoms with Gasteiger partial charge in [0.25, 0.3) is 5.91 Å². The molecular weight excluding hydrogens is 420 g/mol. The van der Waals surface area contributed by atoms with Gasteiger partial charge in [0, 0.05) is 36.8 Å². The topological polar surface area (TPSA) is 110 Å². The van der Waals surface area contributed by atoms with Gasteiger partial charge in [0.05, 0.1) is 40.8 Å². The van der Waals surface area contributed by atoms with E-state index in [9.17, 15) is 9.90 Å². The fraction of sp³-hybridized carbons (Fsp3) is 0.182. The molecule has 1 aliphatic heterocycles. The van der Waals surface area contributed by atoms with Crippen molar-refractivity contribution in [1.82, 2.24) is 9.88 Å². The van der Waals surface area contributed by atoms with E-state index in [0.29, 0.717) is 57.8 Å². The molecule has 0 bridgehead atoms. The monoisotopic (exact) mass is 440 g/mol. The molecule has 4 N–H and O–H groups in total. The van der Waals surface area contributed by atoms with Crippen LogP contribution in [0.1, 0.15) is 10.4 Å². The molecule has 0 aliphatic carbocycles. The number of β-amino-alcohol motifs (C(OH)–C–C–N with tert-alkyl or cyclic N) is 1. The lowest BCUT2D eigenvalue weighted by Crippen LogP contribution is -2.50. The van der Waals surface area contributed by atoms with E-state index in [1.807, 2.05) is 4.90 Å². The number of benzene rings is 2. The first-order valence-corrected chi connectivity index (χ1v) is 9.86. The van der Waals surface area contributed by atoms with E-state index >= 15 is 0 Å². The van der Waals surface area contributed by atoms with Crippen molar-refractivity contribution in [2.45, 2.75) is 6.10 Å². The van der Waals surface area contributed by atoms with Crippen molar-refractivity contribution in [2.75, 3.05) is 25.5 Å². The average Bonchev–Trinajstić information content (AvgIpc) is 2.72. The number of carbonyl (C=O) groups is 1. The van der Waals surface area contributed by atoms with Gasteiger partial charge in [0.15, 0.2) is 0 Å². The fourth-order valence-electron chi connectivity index (χ4n) is 3.30. The summed E-state index contributed by atoms with van der Waals surface area (Å²) in [4.78, 5) is 18.0. The highest BCUT2D eigenvalue weighted by Crippen LogP contribution is 2.35. The van der Waals surface area contributed by atoms with E-state index in [-0.39, 0.29) is 11.7 Å². The molecule has 0 unspecified atom stereocenters. The van der Waals surface area contributed by atoms with Crippen molar-refractivity contribution >= 4 is 34.1 Å². The molecule has 1 aromatic heterocycles. The van der Waals surface area contributed by atoms with Crippen LogP contribution in [0.25, 0.3) is 10.9 Å². The number of nitrogens with two attached hydrogens (primary N) is 1. The van der Waals surface area contributed by atoms with Crippen molar-refractivity contribution in [3.05, 3.63) is 65.6 Å². The number of hydrogen-bond donors (Lipinski definition) is 3. The van der Waals surface area contributed by atoms with Crippen LogP contribution in [-0.2, 0) is 0 Å². The van der Waals surface area contributed by atoms with E-state index in [4.69, 9.17) is 26.8 Å². The Morgan fingerprint density at radius 1 is 1.29 bits per heavy atom. The quantitative estimate of drug-likeness (QED) is 0.516. The highest BCUT2D eigenvalue weighted by molar-refractivity contribution is 6.33. The summed E-state index contributed by atoms with van der Waals surface area (Å²) < 4.78 is 11.3. The number of carbonyl (C=O) groups excluding carboxylic acids is 1. The van der Waals surface area contributed by atoms with Gasteiger partial charge >= 0.3 is 0 Å². The number of nitrogens with one attached hydrogen (secondary N) is 1. The second kappa shape index (κ2) is 8.33. The lowest BCUT2D eigenvalue weighted by Gasteiger charge is -2.39. The summed E-state index contributed by atoms with van der Waals surface area (Å²) in [7, 11) is 1.46. The smallest absolute Gasteiger partial charge is 0.252 e. The van der Waals surface area contributed by atoms with Crippen LogP contribution in [0.15, 0.2) is 55.0 Å². The van der Waals surface area contributed by atoms with Crippen LogP contribution < -0.4 is 20.5 Å². The van der Waals surface area contributed by atoms with Crippen LogP contribution in [0.5, 0.6) is 17.2 Å². The average molecular weight is 441 g/mol. The lowest BCUT2D eigenvalue weighted by atomic mass is 10.1. The Kier molecular flexibility index (Phi) is 5.58. The first kappa shape index (κ1) is 20.8. The van der Waals surface area contributed by atoms with Gasteiger partial charge in [-0.3, -0.25) is 9.78 Å². The summed E-state index contributed by atoms with van der Waals surface area (Å²) in [5.74, 6) is 1.39. The van der Waals surface area contributed by atoms with Crippen molar-refractivity contribution < 1.29 is 19.4 Å². The molecule has 160 valence electrons. The molecular formula is C22H21ClN4O4. The number of likely N-dealkylation sites (tertiary alicyclic amines) is 1. The maximum atomic E-state index is 11.8. The minimum Gasteiger partial charge on any atom is -0.496 e. The molecule has 1 fully saturated rings. The number of nitrogens with zero attached hydrogens (tertiary/aromatic N) is 2. The summed E-state index contributed by atoms with van der Waals surface area (Å²) in [5, 5.41) is 13.6. The number of aliphatic hydroxyl groups excluding tert-OH is 1. The molecule has 0 saturated carbocycles. The van der Waals surface area contributed by atoms with Gasteiger partial charge in [-0.05, 0) is 24.3 Å². The third-order valence-electron chi connectivity index (χ3n) is 4.98. The number of primary amides is 1. The van der Waals surface area contributed by atoms with Gasteiger partial charge in [0.1, 0.15) is 17.2 Å². The van der Waals surface area contributed by atoms with Crippen LogP contribution in [-0.4, -0.2) is 47.2 Å². The third-order valence-corrected chi connectivity index (χ3v) is 5.29.